The Morgan fingerprint density at radius 3 is 2.50 bits per heavy atom. The fourth-order valence-corrected chi connectivity index (χ4v) is 4.32. The number of aromatic nitrogens is 1. The number of hydrogen-bond donors (Lipinski definition) is 1. The van der Waals surface area contributed by atoms with Gasteiger partial charge in [-0.3, -0.25) is 4.79 Å². The summed E-state index contributed by atoms with van der Waals surface area (Å²) in [6.07, 6.45) is 7.73. The molecule has 6 heteroatoms. The molecule has 1 saturated carbocycles. The smallest absolute Gasteiger partial charge is 0.248 e. The molecule has 0 aliphatic heterocycles. The highest BCUT2D eigenvalue weighted by Gasteiger charge is 2.32. The second-order valence-corrected chi connectivity index (χ2v) is 7.44. The molecule has 0 aromatic carbocycles. The molecule has 5 nitrogen and oxygen atoms in total. The highest BCUT2D eigenvalue weighted by Crippen LogP contribution is 2.30. The summed E-state index contributed by atoms with van der Waals surface area (Å²) in [7, 11) is -2.12. The van der Waals surface area contributed by atoms with Crippen LogP contribution >= 0.6 is 0 Å². The Kier molecular flexibility index (Phi) is 4.65. The molecule has 0 atom stereocenters. The average molecular weight is 298 g/mol. The summed E-state index contributed by atoms with van der Waals surface area (Å²) >= 11 is 0. The molecule has 1 fully saturated rings. The summed E-state index contributed by atoms with van der Waals surface area (Å²) < 4.78 is 26.4. The van der Waals surface area contributed by atoms with E-state index in [0.717, 1.165) is 32.1 Å². The lowest BCUT2D eigenvalue weighted by Crippen LogP contribution is -2.40. The first-order chi connectivity index (χ1) is 9.46. The molecule has 0 spiro atoms. The fourth-order valence-electron chi connectivity index (χ4n) is 2.87. The molecular formula is C14H22N2O3S. The van der Waals surface area contributed by atoms with Crippen molar-refractivity contribution in [1.29, 1.82) is 0 Å². The number of nitrogens with one attached hydrogen (secondary N) is 1. The van der Waals surface area contributed by atoms with Crippen LogP contribution in [-0.4, -0.2) is 30.8 Å². The quantitative estimate of drug-likeness (QED) is 0.923. The van der Waals surface area contributed by atoms with Crippen LogP contribution in [0.3, 0.4) is 0 Å². The van der Waals surface area contributed by atoms with E-state index in [1.54, 1.807) is 7.05 Å². The molecule has 20 heavy (non-hydrogen) atoms. The van der Waals surface area contributed by atoms with Crippen molar-refractivity contribution in [1.82, 2.24) is 9.29 Å². The fraction of sp³-hybridized carbons (Fsp3) is 0.643. The molecule has 0 radical (unpaired) electrons. The Labute approximate surface area is 120 Å². The van der Waals surface area contributed by atoms with Gasteiger partial charge in [0.1, 0.15) is 4.90 Å². The van der Waals surface area contributed by atoms with Crippen LogP contribution in [0.4, 0.5) is 0 Å². The van der Waals surface area contributed by atoms with E-state index >= 15 is 0 Å². The van der Waals surface area contributed by atoms with E-state index in [9.17, 15) is 13.2 Å². The number of H-pyrrole nitrogens is 1. The number of nitrogens with zero attached hydrogens (tertiary/aromatic N) is 1. The molecule has 2 rings (SSSR count). The normalized spacial score (nSPS) is 23.9. The maximum atomic E-state index is 12.5. The number of pyridine rings is 1. The Morgan fingerprint density at radius 2 is 1.95 bits per heavy atom. The van der Waals surface area contributed by atoms with Gasteiger partial charge in [0.2, 0.25) is 15.5 Å². The summed E-state index contributed by atoms with van der Waals surface area (Å²) in [4.78, 5) is 14.2. The van der Waals surface area contributed by atoms with Gasteiger partial charge in [0, 0.05) is 31.5 Å². The predicted octanol–water partition coefficient (Wildman–Crippen LogP) is 1.96. The summed E-state index contributed by atoms with van der Waals surface area (Å²) in [6.45, 7) is 2.18. The van der Waals surface area contributed by atoms with E-state index in [1.807, 2.05) is 0 Å². The van der Waals surface area contributed by atoms with Gasteiger partial charge in [-0.2, -0.15) is 4.31 Å². The third-order valence-corrected chi connectivity index (χ3v) is 6.28. The number of rotatable bonds is 4. The Morgan fingerprint density at radius 1 is 1.30 bits per heavy atom. The molecular weight excluding hydrogens is 276 g/mol. The molecule has 112 valence electrons. The van der Waals surface area contributed by atoms with Crippen LogP contribution in [0.25, 0.3) is 0 Å². The van der Waals surface area contributed by atoms with Gasteiger partial charge in [-0.05, 0) is 31.6 Å². The van der Waals surface area contributed by atoms with Crippen molar-refractivity contribution in [3.63, 3.8) is 0 Å². The van der Waals surface area contributed by atoms with Crippen LogP contribution in [-0.2, 0) is 10.0 Å². The highest BCUT2D eigenvalue weighted by atomic mass is 32.2. The van der Waals surface area contributed by atoms with E-state index in [1.165, 1.54) is 22.8 Å². The maximum Gasteiger partial charge on any atom is 0.248 e. The summed E-state index contributed by atoms with van der Waals surface area (Å²) in [5, 5.41) is 0. The number of hydrogen-bond acceptors (Lipinski definition) is 3. The van der Waals surface area contributed by atoms with Crippen molar-refractivity contribution in [3.8, 4) is 0 Å². The summed E-state index contributed by atoms with van der Waals surface area (Å²) in [5.74, 6) is 0.711. The minimum atomic E-state index is -3.70. The van der Waals surface area contributed by atoms with Crippen LogP contribution in [0.15, 0.2) is 28.2 Å². The molecule has 0 bridgehead atoms. The third kappa shape index (κ3) is 2.96. The average Bonchev–Trinajstić information content (AvgIpc) is 2.47. The van der Waals surface area contributed by atoms with Crippen molar-refractivity contribution in [3.05, 3.63) is 28.7 Å². The van der Waals surface area contributed by atoms with Gasteiger partial charge in [-0.15, -0.1) is 0 Å². The van der Waals surface area contributed by atoms with E-state index in [4.69, 9.17) is 0 Å². The third-order valence-electron chi connectivity index (χ3n) is 4.35. The van der Waals surface area contributed by atoms with Gasteiger partial charge in [-0.1, -0.05) is 13.3 Å². The summed E-state index contributed by atoms with van der Waals surface area (Å²) in [6, 6.07) is 1.25. The molecule has 1 aliphatic rings. The van der Waals surface area contributed by atoms with Gasteiger partial charge in [0.05, 0.1) is 0 Å². The van der Waals surface area contributed by atoms with Gasteiger partial charge in [0.25, 0.3) is 0 Å². The lowest BCUT2D eigenvalue weighted by Gasteiger charge is -2.33. The maximum absolute atomic E-state index is 12.5. The van der Waals surface area contributed by atoms with E-state index in [0.29, 0.717) is 5.92 Å². The first kappa shape index (κ1) is 15.3. The molecule has 0 unspecified atom stereocenters. The van der Waals surface area contributed by atoms with Crippen molar-refractivity contribution in [2.45, 2.75) is 50.0 Å². The van der Waals surface area contributed by atoms with Crippen molar-refractivity contribution in [2.24, 2.45) is 5.92 Å². The Hall–Kier alpha value is -1.14. The van der Waals surface area contributed by atoms with Crippen LogP contribution < -0.4 is 5.43 Å². The van der Waals surface area contributed by atoms with Crippen LogP contribution in [0.2, 0.25) is 0 Å². The molecule has 1 aromatic rings. The topological polar surface area (TPSA) is 70.2 Å². The van der Waals surface area contributed by atoms with Crippen molar-refractivity contribution >= 4 is 10.0 Å². The van der Waals surface area contributed by atoms with E-state index in [2.05, 4.69) is 11.9 Å². The van der Waals surface area contributed by atoms with Gasteiger partial charge >= 0.3 is 0 Å². The standard InChI is InChI=1S/C14H22N2O3S/c1-3-11-4-6-12(7-5-11)16(2)20(18,19)14-10-15-9-8-13(14)17/h8-12H,3-7H2,1-2H3,(H,15,17). The first-order valence-corrected chi connectivity index (χ1v) is 8.56. The van der Waals surface area contributed by atoms with Crippen molar-refractivity contribution in [2.75, 3.05) is 7.05 Å². The molecule has 1 aliphatic carbocycles. The predicted molar refractivity (Wildman–Crippen MR) is 78.0 cm³/mol. The van der Waals surface area contributed by atoms with E-state index < -0.39 is 15.5 Å². The molecule has 0 amide bonds. The first-order valence-electron chi connectivity index (χ1n) is 7.12. The van der Waals surface area contributed by atoms with Crippen LogP contribution in [0, 0.1) is 5.92 Å². The summed E-state index contributed by atoms with van der Waals surface area (Å²) in [5.41, 5.74) is -0.460. The molecule has 1 aromatic heterocycles. The number of sulfonamides is 1. The number of aromatic amines is 1. The zero-order valence-corrected chi connectivity index (χ0v) is 12.8. The van der Waals surface area contributed by atoms with Crippen LogP contribution in [0.1, 0.15) is 39.0 Å². The zero-order valence-electron chi connectivity index (χ0n) is 12.0. The Balaban J connectivity index is 2.19. The molecule has 0 saturated heterocycles. The minimum Gasteiger partial charge on any atom is -0.366 e. The monoisotopic (exact) mass is 298 g/mol. The lowest BCUT2D eigenvalue weighted by atomic mass is 9.85. The SMILES string of the molecule is CCC1CCC(N(C)S(=O)(=O)c2c[nH]ccc2=O)CC1. The van der Waals surface area contributed by atoms with Crippen LogP contribution in [0.5, 0.6) is 0 Å². The van der Waals surface area contributed by atoms with Gasteiger partial charge < -0.3 is 4.98 Å². The van der Waals surface area contributed by atoms with Gasteiger partial charge in [0.15, 0.2) is 0 Å². The van der Waals surface area contributed by atoms with E-state index in [-0.39, 0.29) is 10.9 Å². The molecule has 1 heterocycles. The van der Waals surface area contributed by atoms with Crippen molar-refractivity contribution < 1.29 is 8.42 Å². The zero-order chi connectivity index (χ0) is 14.8. The minimum absolute atomic E-state index is 0.00223. The highest BCUT2D eigenvalue weighted by molar-refractivity contribution is 7.89. The Bertz CT molecular complexity index is 601. The second kappa shape index (κ2) is 6.10. The largest absolute Gasteiger partial charge is 0.366 e. The lowest BCUT2D eigenvalue weighted by molar-refractivity contribution is 0.233. The van der Waals surface area contributed by atoms with Gasteiger partial charge in [-0.25, -0.2) is 8.42 Å². The molecule has 1 N–H and O–H groups in total. The second-order valence-electron chi connectivity index (χ2n) is 5.48.